The molecule has 0 aromatic heterocycles. The quantitative estimate of drug-likeness (QED) is 0.867. The molecule has 1 amide bonds. The lowest BCUT2D eigenvalue weighted by molar-refractivity contribution is -0.120. The van der Waals surface area contributed by atoms with Crippen LogP contribution >= 0.6 is 0 Å². The molecule has 0 fully saturated rings. The van der Waals surface area contributed by atoms with Crippen molar-refractivity contribution in [3.8, 4) is 5.75 Å². The number of nitrogens with one attached hydrogen (secondary N) is 1. The molecule has 1 heterocycles. The van der Waals surface area contributed by atoms with Gasteiger partial charge in [0.25, 0.3) is 5.91 Å². The molecule has 5 heteroatoms. The second-order valence-corrected chi connectivity index (χ2v) is 5.41. The number of amides is 1. The van der Waals surface area contributed by atoms with Crippen LogP contribution in [0, 0.1) is 0 Å². The van der Waals surface area contributed by atoms with E-state index in [2.05, 4.69) is 5.32 Å². The number of rotatable bonds is 4. The number of fused-ring (bicyclic) bond motifs is 1. The maximum atomic E-state index is 11.6. The lowest BCUT2D eigenvalue weighted by Gasteiger charge is -2.30. The zero-order chi connectivity index (χ0) is 14.0. The molecule has 0 spiro atoms. The summed E-state index contributed by atoms with van der Waals surface area (Å²) in [7, 11) is 1.74. The average molecular weight is 264 g/mol. The van der Waals surface area contributed by atoms with Gasteiger partial charge < -0.3 is 20.1 Å². The van der Waals surface area contributed by atoms with Gasteiger partial charge in [-0.1, -0.05) is 0 Å². The van der Waals surface area contributed by atoms with E-state index in [1.165, 1.54) is 0 Å². The standard InChI is InChI=1S/C14H20N2O3/c1-14(2,6-7-17)15-10-4-5-12-11(8-10)16(3)13(18)9-19-12/h4-5,8,15,17H,6-7,9H2,1-3H3. The van der Waals surface area contributed by atoms with E-state index < -0.39 is 0 Å². The van der Waals surface area contributed by atoms with Crippen molar-refractivity contribution >= 4 is 17.3 Å². The third-order valence-electron chi connectivity index (χ3n) is 3.27. The maximum Gasteiger partial charge on any atom is 0.264 e. The second kappa shape index (κ2) is 5.09. The van der Waals surface area contributed by atoms with Gasteiger partial charge in [0.15, 0.2) is 6.61 Å². The molecule has 0 saturated carbocycles. The Labute approximate surface area is 113 Å². The number of carbonyl (C=O) groups excluding carboxylic acids is 1. The van der Waals surface area contributed by atoms with E-state index in [0.717, 1.165) is 11.4 Å². The number of hydrogen-bond acceptors (Lipinski definition) is 4. The summed E-state index contributed by atoms with van der Waals surface area (Å²) in [5.41, 5.74) is 1.46. The van der Waals surface area contributed by atoms with Crippen molar-refractivity contribution in [1.29, 1.82) is 0 Å². The normalized spacial score (nSPS) is 14.9. The van der Waals surface area contributed by atoms with Gasteiger partial charge in [-0.3, -0.25) is 4.79 Å². The van der Waals surface area contributed by atoms with E-state index in [-0.39, 0.29) is 24.7 Å². The molecule has 19 heavy (non-hydrogen) atoms. The highest BCUT2D eigenvalue weighted by atomic mass is 16.5. The maximum absolute atomic E-state index is 11.6. The number of hydrogen-bond donors (Lipinski definition) is 2. The first-order valence-electron chi connectivity index (χ1n) is 6.35. The van der Waals surface area contributed by atoms with Gasteiger partial charge in [0.1, 0.15) is 5.75 Å². The van der Waals surface area contributed by atoms with Crippen LogP contribution in [0.15, 0.2) is 18.2 Å². The topological polar surface area (TPSA) is 61.8 Å². The van der Waals surface area contributed by atoms with Crippen molar-refractivity contribution < 1.29 is 14.6 Å². The number of aliphatic hydroxyl groups is 1. The highest BCUT2D eigenvalue weighted by molar-refractivity contribution is 5.97. The Morgan fingerprint density at radius 2 is 2.21 bits per heavy atom. The van der Waals surface area contributed by atoms with E-state index in [1.54, 1.807) is 11.9 Å². The van der Waals surface area contributed by atoms with E-state index in [1.807, 2.05) is 32.0 Å². The highest BCUT2D eigenvalue weighted by Gasteiger charge is 2.23. The number of aliphatic hydroxyl groups excluding tert-OH is 1. The Kier molecular flexibility index (Phi) is 3.66. The third-order valence-corrected chi connectivity index (χ3v) is 3.27. The zero-order valence-corrected chi connectivity index (χ0v) is 11.6. The number of anilines is 2. The molecular weight excluding hydrogens is 244 g/mol. The fourth-order valence-electron chi connectivity index (χ4n) is 2.08. The molecule has 0 radical (unpaired) electrons. The van der Waals surface area contributed by atoms with Crippen LogP contribution in [0.2, 0.25) is 0 Å². The first-order valence-corrected chi connectivity index (χ1v) is 6.35. The number of nitrogens with zero attached hydrogens (tertiary/aromatic N) is 1. The Bertz CT molecular complexity index is 486. The van der Waals surface area contributed by atoms with E-state index in [4.69, 9.17) is 9.84 Å². The van der Waals surface area contributed by atoms with E-state index >= 15 is 0 Å². The fraction of sp³-hybridized carbons (Fsp3) is 0.500. The lowest BCUT2D eigenvalue weighted by Crippen LogP contribution is -2.36. The summed E-state index contributed by atoms with van der Waals surface area (Å²) in [6, 6.07) is 5.67. The minimum absolute atomic E-state index is 0.0562. The molecule has 5 nitrogen and oxygen atoms in total. The molecule has 1 aromatic carbocycles. The summed E-state index contributed by atoms with van der Waals surface area (Å²) in [4.78, 5) is 13.2. The Morgan fingerprint density at radius 1 is 1.47 bits per heavy atom. The average Bonchev–Trinajstić information content (AvgIpc) is 2.34. The number of ether oxygens (including phenoxy) is 1. The summed E-state index contributed by atoms with van der Waals surface area (Å²) < 4.78 is 5.38. The van der Waals surface area contributed by atoms with Gasteiger partial charge in [-0.15, -0.1) is 0 Å². The van der Waals surface area contributed by atoms with Crippen LogP contribution in [-0.2, 0) is 4.79 Å². The van der Waals surface area contributed by atoms with Gasteiger partial charge in [0.2, 0.25) is 0 Å². The van der Waals surface area contributed by atoms with Crippen molar-refractivity contribution in [2.75, 3.05) is 30.5 Å². The minimum Gasteiger partial charge on any atom is -0.482 e. The van der Waals surface area contributed by atoms with Gasteiger partial charge in [-0.25, -0.2) is 0 Å². The van der Waals surface area contributed by atoms with Gasteiger partial charge in [0, 0.05) is 24.9 Å². The molecule has 0 unspecified atom stereocenters. The molecule has 1 aliphatic rings. The van der Waals surface area contributed by atoms with Crippen LogP contribution in [0.4, 0.5) is 11.4 Å². The van der Waals surface area contributed by atoms with Crippen LogP contribution < -0.4 is 15.0 Å². The van der Waals surface area contributed by atoms with Gasteiger partial charge >= 0.3 is 0 Å². The molecule has 0 saturated heterocycles. The van der Waals surface area contributed by atoms with Crippen molar-refractivity contribution in [3.05, 3.63) is 18.2 Å². The predicted octanol–water partition coefficient (Wildman–Crippen LogP) is 1.61. The van der Waals surface area contributed by atoms with Crippen LogP contribution in [0.5, 0.6) is 5.75 Å². The van der Waals surface area contributed by atoms with E-state index in [9.17, 15) is 4.79 Å². The zero-order valence-electron chi connectivity index (χ0n) is 11.6. The van der Waals surface area contributed by atoms with Crippen LogP contribution in [-0.4, -0.2) is 36.8 Å². The van der Waals surface area contributed by atoms with Crippen molar-refractivity contribution in [1.82, 2.24) is 0 Å². The summed E-state index contributed by atoms with van der Waals surface area (Å²) >= 11 is 0. The fourth-order valence-corrected chi connectivity index (χ4v) is 2.08. The van der Waals surface area contributed by atoms with Crippen LogP contribution in [0.3, 0.4) is 0 Å². The third kappa shape index (κ3) is 2.98. The van der Waals surface area contributed by atoms with E-state index in [0.29, 0.717) is 12.2 Å². The van der Waals surface area contributed by atoms with Crippen molar-refractivity contribution in [3.63, 3.8) is 0 Å². The van der Waals surface area contributed by atoms with Gasteiger partial charge in [-0.2, -0.15) is 0 Å². The van der Waals surface area contributed by atoms with Gasteiger partial charge in [0.05, 0.1) is 5.69 Å². The number of likely N-dealkylation sites (N-methyl/N-ethyl adjacent to an activating group) is 1. The molecule has 2 N–H and O–H groups in total. The molecular formula is C14H20N2O3. The second-order valence-electron chi connectivity index (χ2n) is 5.41. The molecule has 1 aromatic rings. The predicted molar refractivity (Wildman–Crippen MR) is 74.8 cm³/mol. The molecule has 0 bridgehead atoms. The Morgan fingerprint density at radius 3 is 2.89 bits per heavy atom. The first-order chi connectivity index (χ1) is 8.93. The lowest BCUT2D eigenvalue weighted by atomic mass is 10.0. The SMILES string of the molecule is CN1C(=O)COc2ccc(NC(C)(C)CCO)cc21. The summed E-state index contributed by atoms with van der Waals surface area (Å²) in [5, 5.41) is 12.4. The smallest absolute Gasteiger partial charge is 0.264 e. The number of carbonyl (C=O) groups is 1. The minimum atomic E-state index is -0.207. The van der Waals surface area contributed by atoms with Crippen molar-refractivity contribution in [2.45, 2.75) is 25.8 Å². The molecule has 2 rings (SSSR count). The highest BCUT2D eigenvalue weighted by Crippen LogP contribution is 2.34. The van der Waals surface area contributed by atoms with Gasteiger partial charge in [-0.05, 0) is 38.5 Å². The van der Waals surface area contributed by atoms with Crippen molar-refractivity contribution in [2.24, 2.45) is 0 Å². The van der Waals surface area contributed by atoms with Crippen LogP contribution in [0.1, 0.15) is 20.3 Å². The number of benzene rings is 1. The molecule has 104 valence electrons. The Hall–Kier alpha value is -1.75. The molecule has 1 aliphatic heterocycles. The molecule has 0 atom stereocenters. The largest absolute Gasteiger partial charge is 0.482 e. The summed E-state index contributed by atoms with van der Waals surface area (Å²) in [6.07, 6.45) is 0.648. The van der Waals surface area contributed by atoms with Crippen LogP contribution in [0.25, 0.3) is 0 Å². The molecule has 0 aliphatic carbocycles. The monoisotopic (exact) mass is 264 g/mol. The summed E-state index contributed by atoms with van der Waals surface area (Å²) in [5.74, 6) is 0.659. The first kappa shape index (κ1) is 13.7. The summed E-state index contributed by atoms with van der Waals surface area (Å²) in [6.45, 7) is 4.26. The Balaban J connectivity index is 2.23.